The number of rotatable bonds is 3. The first-order chi connectivity index (χ1) is 11.7. The fourth-order valence-electron chi connectivity index (χ4n) is 3.02. The van der Waals surface area contributed by atoms with Crippen LogP contribution in [0.3, 0.4) is 0 Å². The lowest BCUT2D eigenvalue weighted by molar-refractivity contribution is -0.169. The zero-order chi connectivity index (χ0) is 16.4. The molecule has 0 unspecified atom stereocenters. The highest BCUT2D eigenvalue weighted by atomic mass is 79.9. The van der Waals surface area contributed by atoms with Crippen LogP contribution in [-0.4, -0.2) is 47.3 Å². The van der Waals surface area contributed by atoms with Crippen LogP contribution in [0.5, 0.6) is 0 Å². The van der Waals surface area contributed by atoms with Crippen molar-refractivity contribution >= 4 is 33.4 Å². The van der Waals surface area contributed by atoms with Gasteiger partial charge in [-0.15, -0.1) is 5.10 Å². The van der Waals surface area contributed by atoms with Crippen molar-refractivity contribution in [2.45, 2.75) is 18.6 Å². The molecule has 2 fully saturated rings. The normalized spacial score (nSPS) is 19.6. The molecule has 7 nitrogen and oxygen atoms in total. The van der Waals surface area contributed by atoms with Gasteiger partial charge >= 0.3 is 0 Å². The van der Waals surface area contributed by atoms with E-state index in [-0.39, 0.29) is 0 Å². The Labute approximate surface area is 148 Å². The molecule has 0 radical (unpaired) electrons. The summed E-state index contributed by atoms with van der Waals surface area (Å²) in [6, 6.07) is 7.89. The van der Waals surface area contributed by atoms with Gasteiger partial charge in [-0.3, -0.25) is 0 Å². The first-order valence-corrected chi connectivity index (χ1v) is 8.78. The quantitative estimate of drug-likeness (QED) is 0.861. The van der Waals surface area contributed by atoms with Crippen LogP contribution in [0.1, 0.15) is 12.8 Å². The summed E-state index contributed by atoms with van der Waals surface area (Å²) >= 11 is 3.52. The first-order valence-electron chi connectivity index (χ1n) is 7.98. The second-order valence-electron chi connectivity index (χ2n) is 5.84. The third kappa shape index (κ3) is 3.22. The Bertz CT molecular complexity index is 713. The van der Waals surface area contributed by atoms with Gasteiger partial charge in [-0.2, -0.15) is 10.1 Å². The van der Waals surface area contributed by atoms with Gasteiger partial charge in [0, 0.05) is 30.4 Å². The Hall–Kier alpha value is -1.77. The fourth-order valence-corrected chi connectivity index (χ4v) is 3.41. The predicted octanol–water partition coefficient (Wildman–Crippen LogP) is 2.72. The third-order valence-corrected chi connectivity index (χ3v) is 5.00. The van der Waals surface area contributed by atoms with Gasteiger partial charge in [-0.05, 0) is 28.1 Å². The number of piperidine rings is 1. The van der Waals surface area contributed by atoms with Crippen molar-refractivity contribution in [1.82, 2.24) is 15.2 Å². The number of ether oxygens (including phenoxy) is 2. The number of nitrogens with zero attached hydrogens (tertiary/aromatic N) is 4. The molecule has 4 rings (SSSR count). The molecule has 1 N–H and O–H groups in total. The lowest BCUT2D eigenvalue weighted by Gasteiger charge is -2.37. The van der Waals surface area contributed by atoms with Crippen molar-refractivity contribution < 1.29 is 9.47 Å². The highest BCUT2D eigenvalue weighted by molar-refractivity contribution is 9.10. The van der Waals surface area contributed by atoms with Crippen LogP contribution in [0.15, 0.2) is 34.9 Å². The average molecular weight is 392 g/mol. The van der Waals surface area contributed by atoms with E-state index in [1.54, 1.807) is 6.20 Å². The number of benzene rings is 1. The highest BCUT2D eigenvalue weighted by Gasteiger charge is 2.40. The molecular formula is C16H18BrN5O2. The van der Waals surface area contributed by atoms with Crippen molar-refractivity contribution in [2.75, 3.05) is 36.5 Å². The van der Waals surface area contributed by atoms with Crippen LogP contribution in [0.25, 0.3) is 0 Å². The van der Waals surface area contributed by atoms with Crippen LogP contribution in [0, 0.1) is 0 Å². The molecule has 2 aromatic rings. The smallest absolute Gasteiger partial charge is 0.247 e. The monoisotopic (exact) mass is 391 g/mol. The predicted molar refractivity (Wildman–Crippen MR) is 93.3 cm³/mol. The summed E-state index contributed by atoms with van der Waals surface area (Å²) in [5, 5.41) is 11.5. The Morgan fingerprint density at radius 2 is 1.88 bits per heavy atom. The fraction of sp³-hybridized carbons (Fsp3) is 0.438. The molecule has 8 heteroatoms. The van der Waals surface area contributed by atoms with E-state index in [1.165, 1.54) is 0 Å². The standard InChI is InChI=1S/C16H18BrN5O2/c17-12-3-1-2-4-13(12)19-14-11-18-21-15(20-14)22-7-5-16(6-8-22)23-9-10-24-16/h1-4,11H,5-10H2,(H,19,20,21). The van der Waals surface area contributed by atoms with Gasteiger partial charge in [0.05, 0.1) is 25.1 Å². The molecule has 3 heterocycles. The second-order valence-corrected chi connectivity index (χ2v) is 6.70. The van der Waals surface area contributed by atoms with Crippen LogP contribution in [-0.2, 0) is 9.47 Å². The zero-order valence-corrected chi connectivity index (χ0v) is 14.7. The van der Waals surface area contributed by atoms with E-state index in [9.17, 15) is 0 Å². The van der Waals surface area contributed by atoms with E-state index in [0.29, 0.717) is 25.0 Å². The molecule has 1 aromatic carbocycles. The maximum Gasteiger partial charge on any atom is 0.247 e. The minimum Gasteiger partial charge on any atom is -0.347 e. The summed E-state index contributed by atoms with van der Waals surface area (Å²) in [6.45, 7) is 2.95. The van der Waals surface area contributed by atoms with Crippen molar-refractivity contribution in [2.24, 2.45) is 0 Å². The molecule has 0 atom stereocenters. The number of halogens is 1. The van der Waals surface area contributed by atoms with E-state index in [0.717, 1.165) is 36.1 Å². The number of para-hydroxylation sites is 1. The van der Waals surface area contributed by atoms with Crippen LogP contribution in [0.4, 0.5) is 17.5 Å². The summed E-state index contributed by atoms with van der Waals surface area (Å²) in [6.07, 6.45) is 3.26. The zero-order valence-electron chi connectivity index (χ0n) is 13.1. The number of anilines is 3. The number of hydrogen-bond donors (Lipinski definition) is 1. The van der Waals surface area contributed by atoms with Gasteiger partial charge in [0.15, 0.2) is 11.6 Å². The van der Waals surface area contributed by atoms with Crippen LogP contribution >= 0.6 is 15.9 Å². The number of nitrogens with one attached hydrogen (secondary N) is 1. The van der Waals surface area contributed by atoms with E-state index in [2.05, 4.69) is 41.3 Å². The largest absolute Gasteiger partial charge is 0.347 e. The van der Waals surface area contributed by atoms with Crippen molar-refractivity contribution in [3.05, 3.63) is 34.9 Å². The topological polar surface area (TPSA) is 72.4 Å². The molecule has 0 amide bonds. The molecule has 0 bridgehead atoms. The van der Waals surface area contributed by atoms with E-state index in [4.69, 9.17) is 9.47 Å². The maximum absolute atomic E-state index is 5.76. The van der Waals surface area contributed by atoms with Gasteiger partial charge < -0.3 is 19.7 Å². The first kappa shape index (κ1) is 15.7. The molecule has 126 valence electrons. The molecule has 0 aliphatic carbocycles. The lowest BCUT2D eigenvalue weighted by atomic mass is 10.0. The lowest BCUT2D eigenvalue weighted by Crippen LogP contribution is -2.45. The summed E-state index contributed by atoms with van der Waals surface area (Å²) in [5.74, 6) is 0.898. The summed E-state index contributed by atoms with van der Waals surface area (Å²) in [5.41, 5.74) is 0.939. The average Bonchev–Trinajstić information content (AvgIpc) is 3.06. The molecule has 1 aromatic heterocycles. The highest BCUT2D eigenvalue weighted by Crippen LogP contribution is 2.32. The van der Waals surface area contributed by atoms with Crippen LogP contribution < -0.4 is 10.2 Å². The Balaban J connectivity index is 1.46. The minimum atomic E-state index is -0.394. The van der Waals surface area contributed by atoms with E-state index >= 15 is 0 Å². The van der Waals surface area contributed by atoms with Gasteiger partial charge in [-0.25, -0.2) is 0 Å². The van der Waals surface area contributed by atoms with E-state index in [1.807, 2.05) is 24.3 Å². The summed E-state index contributed by atoms with van der Waals surface area (Å²) in [4.78, 5) is 6.71. The molecule has 1 spiro atoms. The molecule has 2 saturated heterocycles. The minimum absolute atomic E-state index is 0.394. The second kappa shape index (κ2) is 6.62. The number of aromatic nitrogens is 3. The van der Waals surface area contributed by atoms with Crippen molar-refractivity contribution in [3.8, 4) is 0 Å². The Morgan fingerprint density at radius 1 is 1.12 bits per heavy atom. The van der Waals surface area contributed by atoms with Crippen molar-refractivity contribution in [1.29, 1.82) is 0 Å². The van der Waals surface area contributed by atoms with Gasteiger partial charge in [0.1, 0.15) is 0 Å². The molecule has 2 aliphatic heterocycles. The third-order valence-electron chi connectivity index (χ3n) is 4.31. The maximum atomic E-state index is 5.76. The summed E-state index contributed by atoms with van der Waals surface area (Å²) < 4.78 is 12.5. The Morgan fingerprint density at radius 3 is 2.62 bits per heavy atom. The van der Waals surface area contributed by atoms with Gasteiger partial charge in [0.25, 0.3) is 0 Å². The molecule has 24 heavy (non-hydrogen) atoms. The number of hydrogen-bond acceptors (Lipinski definition) is 7. The van der Waals surface area contributed by atoms with E-state index < -0.39 is 5.79 Å². The summed E-state index contributed by atoms with van der Waals surface area (Å²) in [7, 11) is 0. The molecule has 0 saturated carbocycles. The molecular weight excluding hydrogens is 374 g/mol. The SMILES string of the molecule is Brc1ccccc1Nc1cnnc(N2CCC3(CC2)OCCO3)n1. The Kier molecular flexibility index (Phi) is 4.34. The van der Waals surface area contributed by atoms with Gasteiger partial charge in [0.2, 0.25) is 5.95 Å². The van der Waals surface area contributed by atoms with Crippen molar-refractivity contribution in [3.63, 3.8) is 0 Å². The van der Waals surface area contributed by atoms with Gasteiger partial charge in [-0.1, -0.05) is 12.1 Å². The molecule has 2 aliphatic rings. The van der Waals surface area contributed by atoms with Crippen LogP contribution in [0.2, 0.25) is 0 Å².